The van der Waals surface area contributed by atoms with Crippen LogP contribution in [-0.2, 0) is 15.1 Å². The molecular formula is C28H20F8N2O5. The first-order valence-corrected chi connectivity index (χ1v) is 12.7. The number of H-pyrrole nitrogens is 1. The molecule has 3 N–H and O–H groups in total. The van der Waals surface area contributed by atoms with Gasteiger partial charge in [0.05, 0.1) is 24.3 Å². The van der Waals surface area contributed by atoms with Crippen LogP contribution in [0.2, 0.25) is 0 Å². The Morgan fingerprint density at radius 2 is 1.37 bits per heavy atom. The normalized spacial score (nSPS) is 22.7. The van der Waals surface area contributed by atoms with Gasteiger partial charge in [-0.05, 0) is 16.7 Å². The molecule has 0 saturated carbocycles. The number of aliphatic hydroxyl groups is 2. The van der Waals surface area contributed by atoms with Crippen molar-refractivity contribution in [2.75, 3.05) is 13.2 Å². The zero-order chi connectivity index (χ0) is 30.9. The van der Waals surface area contributed by atoms with E-state index in [2.05, 4.69) is 9.97 Å². The molecule has 15 heteroatoms. The number of hydrogen-bond donors (Lipinski definition) is 3. The molecule has 7 nitrogen and oxygen atoms in total. The van der Waals surface area contributed by atoms with E-state index in [9.17, 15) is 36.6 Å². The summed E-state index contributed by atoms with van der Waals surface area (Å²) in [6.07, 6.45) is -14.6. The number of imidazole rings is 1. The minimum absolute atomic E-state index is 0.00553. The van der Waals surface area contributed by atoms with E-state index < -0.39 is 65.1 Å². The van der Waals surface area contributed by atoms with E-state index >= 15 is 8.78 Å². The predicted octanol–water partition coefficient (Wildman–Crippen LogP) is 5.39. The van der Waals surface area contributed by atoms with Crippen LogP contribution in [0.3, 0.4) is 0 Å². The maximum atomic E-state index is 15.5. The van der Waals surface area contributed by atoms with Gasteiger partial charge >= 0.3 is 12.4 Å². The van der Waals surface area contributed by atoms with Gasteiger partial charge in [-0.25, -0.2) is 8.78 Å². The molecule has 0 amide bonds. The third-order valence-electron chi connectivity index (χ3n) is 7.52. The van der Waals surface area contributed by atoms with Crippen LogP contribution in [0.25, 0.3) is 33.3 Å². The van der Waals surface area contributed by atoms with Crippen LogP contribution < -0.4 is 4.74 Å². The number of fused-ring (bicyclic) bond motifs is 2. The van der Waals surface area contributed by atoms with Gasteiger partial charge in [-0.1, -0.05) is 48.5 Å². The number of aliphatic hydroxyl groups excluding tert-OH is 1. The van der Waals surface area contributed by atoms with Gasteiger partial charge in [0, 0.05) is 11.6 Å². The number of hydrogen-bond acceptors (Lipinski definition) is 6. The number of alkyl halides is 6. The van der Waals surface area contributed by atoms with Crippen LogP contribution in [0.1, 0.15) is 5.56 Å². The van der Waals surface area contributed by atoms with E-state index in [1.165, 1.54) is 24.3 Å². The predicted molar refractivity (Wildman–Crippen MR) is 133 cm³/mol. The molecule has 2 fully saturated rings. The summed E-state index contributed by atoms with van der Waals surface area (Å²) in [6, 6.07) is 9.22. The molecule has 0 spiro atoms. The van der Waals surface area contributed by atoms with E-state index in [-0.39, 0.29) is 41.4 Å². The number of aromatic nitrogens is 2. The zero-order valence-corrected chi connectivity index (χ0v) is 21.5. The monoisotopic (exact) mass is 616 g/mol. The Morgan fingerprint density at radius 1 is 0.814 bits per heavy atom. The number of ether oxygens (including phenoxy) is 3. The van der Waals surface area contributed by atoms with Gasteiger partial charge in [-0.2, -0.15) is 31.3 Å². The molecule has 0 bridgehead atoms. The molecular weight excluding hydrogens is 596 g/mol. The number of rotatable bonds is 5. The molecule has 2 saturated heterocycles. The smallest absolute Gasteiger partial charge is 0.430 e. The lowest BCUT2D eigenvalue weighted by molar-refractivity contribution is -0.376. The number of aromatic amines is 1. The highest BCUT2D eigenvalue weighted by Gasteiger charge is 2.71. The molecule has 1 unspecified atom stereocenters. The largest absolute Gasteiger partial charge is 0.456 e. The van der Waals surface area contributed by atoms with Crippen LogP contribution in [-0.4, -0.2) is 70.2 Å². The lowest BCUT2D eigenvalue weighted by atomic mass is 9.90. The summed E-state index contributed by atoms with van der Waals surface area (Å²) < 4.78 is 126. The highest BCUT2D eigenvalue weighted by molar-refractivity contribution is 5.84. The molecule has 0 aliphatic carbocycles. The molecule has 3 heterocycles. The maximum Gasteiger partial charge on any atom is 0.430 e. The average molecular weight is 616 g/mol. The molecule has 2 aliphatic heterocycles. The molecule has 4 atom stereocenters. The fraction of sp³-hybridized carbons (Fsp3) is 0.321. The first-order valence-electron chi connectivity index (χ1n) is 12.7. The molecule has 43 heavy (non-hydrogen) atoms. The van der Waals surface area contributed by atoms with Gasteiger partial charge in [0.1, 0.15) is 29.6 Å². The van der Waals surface area contributed by atoms with Crippen LogP contribution in [0.4, 0.5) is 35.1 Å². The third-order valence-corrected chi connectivity index (χ3v) is 7.52. The number of benzene rings is 3. The van der Waals surface area contributed by atoms with Crippen molar-refractivity contribution < 1.29 is 59.5 Å². The highest BCUT2D eigenvalue weighted by atomic mass is 19.4. The minimum atomic E-state index is -6.02. The van der Waals surface area contributed by atoms with Crippen molar-refractivity contribution in [3.8, 4) is 28.3 Å². The van der Waals surface area contributed by atoms with Crippen molar-refractivity contribution >= 4 is 11.0 Å². The molecule has 3 aromatic carbocycles. The average Bonchev–Trinajstić information content (AvgIpc) is 3.64. The Hall–Kier alpha value is -3.79. The Kier molecular flexibility index (Phi) is 6.91. The molecule has 6 rings (SSSR count). The van der Waals surface area contributed by atoms with Gasteiger partial charge in [0.2, 0.25) is 0 Å². The Labute approximate surface area is 236 Å². The molecule has 2 aliphatic rings. The summed E-state index contributed by atoms with van der Waals surface area (Å²) in [5, 5.41) is 19.4. The summed E-state index contributed by atoms with van der Waals surface area (Å²) >= 11 is 0. The molecule has 1 aromatic heterocycles. The zero-order valence-electron chi connectivity index (χ0n) is 21.5. The molecule has 228 valence electrons. The highest BCUT2D eigenvalue weighted by Crippen LogP contribution is 2.50. The van der Waals surface area contributed by atoms with Gasteiger partial charge in [-0.3, -0.25) is 0 Å². The second-order valence-electron chi connectivity index (χ2n) is 10.2. The summed E-state index contributed by atoms with van der Waals surface area (Å²) in [6.45, 7) is 0.161. The van der Waals surface area contributed by atoms with Crippen molar-refractivity contribution in [2.24, 2.45) is 0 Å². The number of nitrogens with zero attached hydrogens (tertiary/aromatic N) is 1. The topological polar surface area (TPSA) is 96.8 Å². The third kappa shape index (κ3) is 4.80. The molecule has 4 aromatic rings. The van der Waals surface area contributed by atoms with Crippen LogP contribution in [0, 0.1) is 11.6 Å². The fourth-order valence-corrected chi connectivity index (χ4v) is 5.29. The van der Waals surface area contributed by atoms with Crippen LogP contribution in [0.15, 0.2) is 54.6 Å². The van der Waals surface area contributed by atoms with E-state index in [0.29, 0.717) is 17.7 Å². The van der Waals surface area contributed by atoms with Crippen molar-refractivity contribution in [2.45, 2.75) is 42.4 Å². The van der Waals surface area contributed by atoms with Crippen molar-refractivity contribution in [1.29, 1.82) is 0 Å². The quantitative estimate of drug-likeness (QED) is 0.260. The summed E-state index contributed by atoms with van der Waals surface area (Å²) in [5.74, 6) is -1.95. The van der Waals surface area contributed by atoms with E-state index in [1.54, 1.807) is 0 Å². The second kappa shape index (κ2) is 10.1. The van der Waals surface area contributed by atoms with Crippen molar-refractivity contribution in [1.82, 2.24) is 9.97 Å². The summed E-state index contributed by atoms with van der Waals surface area (Å²) in [5.41, 5.74) is -6.56. The Bertz CT molecular complexity index is 1640. The van der Waals surface area contributed by atoms with Crippen LogP contribution in [0.5, 0.6) is 6.01 Å². The second-order valence-corrected chi connectivity index (χ2v) is 10.2. The summed E-state index contributed by atoms with van der Waals surface area (Å²) in [7, 11) is 0. The van der Waals surface area contributed by atoms with Gasteiger partial charge in [-0.15, -0.1) is 0 Å². The minimum Gasteiger partial charge on any atom is -0.456 e. The van der Waals surface area contributed by atoms with Crippen molar-refractivity contribution in [3.05, 3.63) is 71.8 Å². The van der Waals surface area contributed by atoms with Gasteiger partial charge in [0.15, 0.2) is 11.9 Å². The SMILES string of the molecule is OC1CO[C@H]2[C@@H]1OC[C@H]2Oc1nc2c(F)c(-c3ccc(-c4ccc(C(O)(C(F)(F)F)C(F)(F)F)cc4)cc3)c(F)cc2[nH]1. The fourth-order valence-electron chi connectivity index (χ4n) is 5.29. The lowest BCUT2D eigenvalue weighted by Gasteiger charge is -2.32. The lowest BCUT2D eigenvalue weighted by Crippen LogP contribution is -2.53. The Balaban J connectivity index is 1.25. The van der Waals surface area contributed by atoms with Crippen LogP contribution >= 0.6 is 0 Å². The first kappa shape index (κ1) is 29.3. The standard InChI is InChI=1S/C28H20F8N2O5/c29-16-9-17-22(38-25(37-17)43-19-11-42-23-18(39)10-41-24(19)23)21(30)20(16)14-3-1-12(2-4-14)13-5-7-15(8-6-13)26(40,27(31,32)33)28(34,35)36/h1-9,18-19,23-24,39-40H,10-11H2,(H,37,38)/t18?,19-,23-,24-/m1/s1. The first-order chi connectivity index (χ1) is 20.2. The Morgan fingerprint density at radius 3 is 1.98 bits per heavy atom. The van der Waals surface area contributed by atoms with E-state index in [4.69, 9.17) is 14.2 Å². The number of halogens is 8. The number of nitrogens with one attached hydrogen (secondary N) is 1. The van der Waals surface area contributed by atoms with Gasteiger partial charge in [0.25, 0.3) is 11.6 Å². The molecule has 0 radical (unpaired) electrons. The van der Waals surface area contributed by atoms with Gasteiger partial charge < -0.3 is 29.4 Å². The van der Waals surface area contributed by atoms with E-state index in [1.807, 2.05) is 0 Å². The van der Waals surface area contributed by atoms with E-state index in [0.717, 1.165) is 18.2 Å². The van der Waals surface area contributed by atoms with Crippen molar-refractivity contribution in [3.63, 3.8) is 0 Å². The maximum absolute atomic E-state index is 15.5. The summed E-state index contributed by atoms with van der Waals surface area (Å²) in [4.78, 5) is 6.78.